The van der Waals surface area contributed by atoms with Crippen molar-refractivity contribution in [3.63, 3.8) is 0 Å². The van der Waals surface area contributed by atoms with E-state index in [0.717, 1.165) is 17.2 Å². The number of anilines is 1. The molecule has 3 nitrogen and oxygen atoms in total. The zero-order valence-corrected chi connectivity index (χ0v) is 15.7. The van der Waals surface area contributed by atoms with Gasteiger partial charge in [0.2, 0.25) is 0 Å². The lowest BCUT2D eigenvalue weighted by molar-refractivity contribution is 0.413. The van der Waals surface area contributed by atoms with Gasteiger partial charge in [0.1, 0.15) is 0 Å². The number of hydrogen-bond donors (Lipinski definition) is 2. The predicted octanol–water partition coefficient (Wildman–Crippen LogP) is 5.88. The molecule has 3 rings (SSSR count). The van der Waals surface area contributed by atoms with Gasteiger partial charge in [-0.25, -0.2) is 4.99 Å². The van der Waals surface area contributed by atoms with Gasteiger partial charge in [0, 0.05) is 21.8 Å². The van der Waals surface area contributed by atoms with Gasteiger partial charge in [-0.05, 0) is 42.7 Å². The average molecular weight is 376 g/mol. The smallest absolute Gasteiger partial charge is 0.196 e. The first-order valence-corrected chi connectivity index (χ1v) is 9.53. The highest BCUT2D eigenvalue weighted by Gasteiger charge is 2.15. The topological polar surface area (TPSA) is 36.4 Å². The first-order valence-electron chi connectivity index (χ1n) is 8.78. The zero-order valence-electron chi connectivity index (χ0n) is 14.1. The summed E-state index contributed by atoms with van der Waals surface area (Å²) in [7, 11) is 0. The molecule has 1 aliphatic rings. The molecule has 25 heavy (non-hydrogen) atoms. The van der Waals surface area contributed by atoms with Gasteiger partial charge in [0.15, 0.2) is 5.96 Å². The normalized spacial score (nSPS) is 15.8. The highest BCUT2D eigenvalue weighted by molar-refractivity contribution is 6.35. The van der Waals surface area contributed by atoms with Gasteiger partial charge in [-0.15, -0.1) is 0 Å². The summed E-state index contributed by atoms with van der Waals surface area (Å²) in [5.74, 6) is 0.795. The van der Waals surface area contributed by atoms with E-state index in [1.165, 1.54) is 32.1 Å². The third kappa shape index (κ3) is 5.65. The number of para-hydroxylation sites is 1. The molecule has 1 fully saturated rings. The molecule has 132 valence electrons. The minimum Gasteiger partial charge on any atom is -0.353 e. The van der Waals surface area contributed by atoms with Crippen LogP contribution in [0.3, 0.4) is 0 Å². The predicted molar refractivity (Wildman–Crippen MR) is 108 cm³/mol. The first-order chi connectivity index (χ1) is 12.2. The van der Waals surface area contributed by atoms with Crippen molar-refractivity contribution < 1.29 is 0 Å². The van der Waals surface area contributed by atoms with E-state index in [1.54, 1.807) is 6.07 Å². The fourth-order valence-corrected chi connectivity index (χ4v) is 3.50. The van der Waals surface area contributed by atoms with E-state index >= 15 is 0 Å². The highest BCUT2D eigenvalue weighted by Crippen LogP contribution is 2.22. The van der Waals surface area contributed by atoms with Crippen molar-refractivity contribution >= 4 is 34.8 Å². The van der Waals surface area contributed by atoms with Crippen LogP contribution in [0.25, 0.3) is 0 Å². The number of nitrogens with one attached hydrogen (secondary N) is 2. The average Bonchev–Trinajstić information content (AvgIpc) is 2.62. The van der Waals surface area contributed by atoms with Crippen molar-refractivity contribution in [3.8, 4) is 0 Å². The summed E-state index contributed by atoms with van der Waals surface area (Å²) in [6, 6.07) is 16.1. The number of hydrogen-bond acceptors (Lipinski definition) is 1. The van der Waals surface area contributed by atoms with E-state index in [-0.39, 0.29) is 0 Å². The number of rotatable bonds is 4. The number of benzene rings is 2. The molecule has 0 unspecified atom stereocenters. The van der Waals surface area contributed by atoms with Crippen molar-refractivity contribution in [1.82, 2.24) is 5.32 Å². The summed E-state index contributed by atoms with van der Waals surface area (Å²) in [5, 5.41) is 8.26. The molecule has 0 aliphatic heterocycles. The van der Waals surface area contributed by atoms with E-state index in [9.17, 15) is 0 Å². The molecule has 1 aliphatic carbocycles. The van der Waals surface area contributed by atoms with Crippen LogP contribution in [0.15, 0.2) is 53.5 Å². The van der Waals surface area contributed by atoms with Gasteiger partial charge in [-0.1, -0.05) is 66.7 Å². The van der Waals surface area contributed by atoms with Crippen LogP contribution in [-0.2, 0) is 6.54 Å². The van der Waals surface area contributed by atoms with Crippen LogP contribution in [0.1, 0.15) is 37.7 Å². The van der Waals surface area contributed by atoms with Gasteiger partial charge in [-0.2, -0.15) is 0 Å². The number of nitrogens with zero attached hydrogens (tertiary/aromatic N) is 1. The minimum absolute atomic E-state index is 0.476. The second kappa shape index (κ2) is 9.12. The summed E-state index contributed by atoms with van der Waals surface area (Å²) in [6.45, 7) is 0.505. The van der Waals surface area contributed by atoms with Crippen molar-refractivity contribution in [1.29, 1.82) is 0 Å². The minimum atomic E-state index is 0.476. The molecular formula is C20H23Cl2N3. The van der Waals surface area contributed by atoms with Crippen LogP contribution < -0.4 is 10.6 Å². The van der Waals surface area contributed by atoms with Crippen molar-refractivity contribution in [2.24, 2.45) is 4.99 Å². The maximum absolute atomic E-state index is 6.27. The lowest BCUT2D eigenvalue weighted by Gasteiger charge is -2.25. The number of aliphatic imine (C=N–C) groups is 1. The Labute approximate surface area is 159 Å². The van der Waals surface area contributed by atoms with Crippen LogP contribution in [0.4, 0.5) is 5.69 Å². The van der Waals surface area contributed by atoms with Crippen LogP contribution in [0.2, 0.25) is 10.0 Å². The Hall–Kier alpha value is -1.71. The quantitative estimate of drug-likeness (QED) is 0.516. The standard InChI is InChI=1S/C20H23Cl2N3/c21-16-12-11-15(19(22)13-16)14-23-20(24-17-7-3-1-4-8-17)25-18-9-5-2-6-10-18/h1,3-4,7-8,11-13,18H,2,5-6,9-10,14H2,(H2,23,24,25). The monoisotopic (exact) mass is 375 g/mol. The molecule has 2 N–H and O–H groups in total. The molecule has 0 radical (unpaired) electrons. The van der Waals surface area contributed by atoms with Crippen LogP contribution in [0.5, 0.6) is 0 Å². The Balaban J connectivity index is 1.73. The molecule has 5 heteroatoms. The molecule has 1 saturated carbocycles. The van der Waals surface area contributed by atoms with E-state index in [0.29, 0.717) is 22.6 Å². The second-order valence-electron chi connectivity index (χ2n) is 6.37. The van der Waals surface area contributed by atoms with E-state index in [2.05, 4.69) is 10.6 Å². The summed E-state index contributed by atoms with van der Waals surface area (Å²) < 4.78 is 0. The molecule has 0 aromatic heterocycles. The third-order valence-electron chi connectivity index (χ3n) is 4.41. The van der Waals surface area contributed by atoms with E-state index in [4.69, 9.17) is 28.2 Å². The summed E-state index contributed by atoms with van der Waals surface area (Å²) in [6.07, 6.45) is 6.27. The second-order valence-corrected chi connectivity index (χ2v) is 7.21. The third-order valence-corrected chi connectivity index (χ3v) is 4.99. The SMILES string of the molecule is Clc1ccc(CN=C(Nc2ccccc2)NC2CCCCC2)c(Cl)c1. The Kier molecular flexibility index (Phi) is 6.60. The van der Waals surface area contributed by atoms with Gasteiger partial charge < -0.3 is 10.6 Å². The molecule has 0 spiro atoms. The Morgan fingerprint density at radius 2 is 1.76 bits per heavy atom. The number of halogens is 2. The van der Waals surface area contributed by atoms with Gasteiger partial charge >= 0.3 is 0 Å². The van der Waals surface area contributed by atoms with E-state index < -0.39 is 0 Å². The lowest BCUT2D eigenvalue weighted by Crippen LogP contribution is -2.40. The van der Waals surface area contributed by atoms with Crippen molar-refractivity contribution in [2.75, 3.05) is 5.32 Å². The Morgan fingerprint density at radius 1 is 1.00 bits per heavy atom. The van der Waals surface area contributed by atoms with Crippen molar-refractivity contribution in [3.05, 3.63) is 64.1 Å². The fraction of sp³-hybridized carbons (Fsp3) is 0.350. The maximum atomic E-state index is 6.27. The Morgan fingerprint density at radius 3 is 2.48 bits per heavy atom. The van der Waals surface area contributed by atoms with E-state index in [1.807, 2.05) is 42.5 Å². The van der Waals surface area contributed by atoms with Gasteiger partial charge in [-0.3, -0.25) is 0 Å². The first kappa shape index (κ1) is 18.1. The van der Waals surface area contributed by atoms with Gasteiger partial charge in [0.05, 0.1) is 6.54 Å². The Bertz CT molecular complexity index is 710. The van der Waals surface area contributed by atoms with Crippen molar-refractivity contribution in [2.45, 2.75) is 44.7 Å². The lowest BCUT2D eigenvalue weighted by atomic mass is 9.96. The highest BCUT2D eigenvalue weighted by atomic mass is 35.5. The summed E-state index contributed by atoms with van der Waals surface area (Å²) in [4.78, 5) is 4.74. The molecule has 2 aromatic rings. The largest absolute Gasteiger partial charge is 0.353 e. The van der Waals surface area contributed by atoms with Crippen LogP contribution in [0, 0.1) is 0 Å². The van der Waals surface area contributed by atoms with Crippen LogP contribution in [-0.4, -0.2) is 12.0 Å². The molecule has 0 atom stereocenters. The molecule has 2 aromatic carbocycles. The molecule has 0 amide bonds. The maximum Gasteiger partial charge on any atom is 0.196 e. The molecule has 0 heterocycles. The zero-order chi connectivity index (χ0) is 17.5. The molecule has 0 saturated heterocycles. The fourth-order valence-electron chi connectivity index (χ4n) is 3.03. The summed E-state index contributed by atoms with van der Waals surface area (Å²) >= 11 is 12.2. The number of guanidine groups is 1. The van der Waals surface area contributed by atoms with Gasteiger partial charge in [0.25, 0.3) is 0 Å². The molecular weight excluding hydrogens is 353 g/mol. The van der Waals surface area contributed by atoms with Crippen LogP contribution >= 0.6 is 23.2 Å². The molecule has 0 bridgehead atoms. The summed E-state index contributed by atoms with van der Waals surface area (Å²) in [5.41, 5.74) is 1.98.